The molecule has 2 aromatic rings. The van der Waals surface area contributed by atoms with Gasteiger partial charge in [-0.1, -0.05) is 0 Å². The lowest BCUT2D eigenvalue weighted by molar-refractivity contribution is 0.0132. The molecule has 0 saturated heterocycles. The Morgan fingerprint density at radius 3 is 3.05 bits per heavy atom. The van der Waals surface area contributed by atoms with Crippen molar-refractivity contribution in [2.24, 2.45) is 0 Å². The molecule has 22 heavy (non-hydrogen) atoms. The number of likely N-dealkylation sites (N-methyl/N-ethyl adjacent to an activating group) is 1. The van der Waals surface area contributed by atoms with E-state index in [0.29, 0.717) is 6.42 Å². The lowest BCUT2D eigenvalue weighted by Gasteiger charge is -2.42. The standard InChI is InChI=1S/C15H20N6O/c1-20-6-3-11-10(8-20)15(17-9-16-11)19-12-7-13(22)14(12)21-5-2-4-18-21/h2,4-5,9,12-14,22H,3,6-8H2,1H3,(H,16,17,19)/t12-,13+,14+/m0/s1. The third-order valence-corrected chi connectivity index (χ3v) is 4.65. The minimum absolute atomic E-state index is 0.0399. The van der Waals surface area contributed by atoms with Crippen molar-refractivity contribution in [2.75, 3.05) is 18.9 Å². The van der Waals surface area contributed by atoms with Crippen molar-refractivity contribution in [2.45, 2.75) is 37.6 Å². The molecule has 0 aromatic carbocycles. The van der Waals surface area contributed by atoms with Crippen molar-refractivity contribution < 1.29 is 5.11 Å². The van der Waals surface area contributed by atoms with Gasteiger partial charge in [-0.25, -0.2) is 9.97 Å². The number of anilines is 1. The zero-order chi connectivity index (χ0) is 15.1. The maximum Gasteiger partial charge on any atom is 0.134 e. The summed E-state index contributed by atoms with van der Waals surface area (Å²) >= 11 is 0. The Kier molecular flexibility index (Phi) is 3.31. The number of hydrogen-bond acceptors (Lipinski definition) is 6. The number of nitrogens with zero attached hydrogens (tertiary/aromatic N) is 5. The summed E-state index contributed by atoms with van der Waals surface area (Å²) in [6, 6.07) is 1.98. The smallest absolute Gasteiger partial charge is 0.134 e. The summed E-state index contributed by atoms with van der Waals surface area (Å²) in [5.41, 5.74) is 2.31. The van der Waals surface area contributed by atoms with Gasteiger partial charge in [0.25, 0.3) is 0 Å². The molecule has 4 rings (SSSR count). The van der Waals surface area contributed by atoms with E-state index in [-0.39, 0.29) is 18.2 Å². The number of aliphatic hydroxyl groups is 1. The van der Waals surface area contributed by atoms with Gasteiger partial charge >= 0.3 is 0 Å². The van der Waals surface area contributed by atoms with Gasteiger partial charge in [0.2, 0.25) is 0 Å². The van der Waals surface area contributed by atoms with E-state index in [4.69, 9.17) is 0 Å². The maximum absolute atomic E-state index is 10.1. The van der Waals surface area contributed by atoms with E-state index in [0.717, 1.165) is 31.0 Å². The minimum Gasteiger partial charge on any atom is -0.391 e. The number of nitrogens with one attached hydrogen (secondary N) is 1. The maximum atomic E-state index is 10.1. The van der Waals surface area contributed by atoms with Crippen LogP contribution in [0, 0.1) is 0 Å². The SMILES string of the molecule is CN1CCc2ncnc(N[C@H]3C[C@@H](O)[C@@H]3n3cccn3)c2C1. The fourth-order valence-corrected chi connectivity index (χ4v) is 3.35. The van der Waals surface area contributed by atoms with Crippen LogP contribution in [0.3, 0.4) is 0 Å². The molecule has 7 nitrogen and oxygen atoms in total. The van der Waals surface area contributed by atoms with E-state index in [1.165, 1.54) is 5.56 Å². The van der Waals surface area contributed by atoms with Gasteiger partial charge < -0.3 is 15.3 Å². The fourth-order valence-electron chi connectivity index (χ4n) is 3.35. The van der Waals surface area contributed by atoms with Crippen LogP contribution in [-0.4, -0.2) is 55.5 Å². The Bertz CT molecular complexity index is 658. The van der Waals surface area contributed by atoms with Crippen LogP contribution in [0.25, 0.3) is 0 Å². The van der Waals surface area contributed by atoms with Gasteiger partial charge in [0.05, 0.1) is 23.9 Å². The summed E-state index contributed by atoms with van der Waals surface area (Å²) in [7, 11) is 2.11. The van der Waals surface area contributed by atoms with E-state index < -0.39 is 0 Å². The molecule has 1 aliphatic carbocycles. The van der Waals surface area contributed by atoms with Gasteiger partial charge in [-0.05, 0) is 19.5 Å². The van der Waals surface area contributed by atoms with Crippen molar-refractivity contribution in [3.8, 4) is 0 Å². The fraction of sp³-hybridized carbons (Fsp3) is 0.533. The lowest BCUT2D eigenvalue weighted by Crippen LogP contribution is -2.51. The van der Waals surface area contributed by atoms with Crippen molar-refractivity contribution in [3.63, 3.8) is 0 Å². The zero-order valence-corrected chi connectivity index (χ0v) is 12.6. The molecule has 116 valence electrons. The van der Waals surface area contributed by atoms with Crippen LogP contribution in [0.4, 0.5) is 5.82 Å². The van der Waals surface area contributed by atoms with E-state index in [1.54, 1.807) is 12.5 Å². The minimum atomic E-state index is -0.363. The van der Waals surface area contributed by atoms with Gasteiger partial charge in [-0.15, -0.1) is 0 Å². The number of fused-ring (bicyclic) bond motifs is 1. The predicted octanol–water partition coefficient (Wildman–Crippen LogP) is 0.447. The van der Waals surface area contributed by atoms with Crippen molar-refractivity contribution in [1.82, 2.24) is 24.6 Å². The van der Waals surface area contributed by atoms with E-state index >= 15 is 0 Å². The van der Waals surface area contributed by atoms with Crippen molar-refractivity contribution in [3.05, 3.63) is 36.0 Å². The highest BCUT2D eigenvalue weighted by Gasteiger charge is 2.42. The molecule has 3 atom stereocenters. The van der Waals surface area contributed by atoms with Gasteiger partial charge in [0.1, 0.15) is 12.1 Å². The molecule has 1 fully saturated rings. The average Bonchev–Trinajstić information content (AvgIpc) is 3.00. The Labute approximate surface area is 129 Å². The monoisotopic (exact) mass is 300 g/mol. The summed E-state index contributed by atoms with van der Waals surface area (Å²) in [4.78, 5) is 11.1. The van der Waals surface area contributed by atoms with E-state index in [1.807, 2.05) is 16.9 Å². The molecule has 2 N–H and O–H groups in total. The molecule has 0 bridgehead atoms. The Morgan fingerprint density at radius 1 is 1.36 bits per heavy atom. The quantitative estimate of drug-likeness (QED) is 0.857. The first-order valence-electron chi connectivity index (χ1n) is 7.67. The van der Waals surface area contributed by atoms with Crippen LogP contribution in [0.5, 0.6) is 0 Å². The third kappa shape index (κ3) is 2.26. The van der Waals surface area contributed by atoms with Crippen LogP contribution >= 0.6 is 0 Å². The average molecular weight is 300 g/mol. The summed E-state index contributed by atoms with van der Waals surface area (Å²) in [6.07, 6.45) is 6.56. The second-order valence-electron chi connectivity index (χ2n) is 6.17. The number of hydrogen-bond donors (Lipinski definition) is 2. The number of rotatable bonds is 3. The van der Waals surface area contributed by atoms with Gasteiger partial charge in [0, 0.05) is 37.5 Å². The number of aromatic nitrogens is 4. The van der Waals surface area contributed by atoms with Crippen molar-refractivity contribution >= 4 is 5.82 Å². The van der Waals surface area contributed by atoms with Gasteiger partial charge in [-0.2, -0.15) is 5.10 Å². The Balaban J connectivity index is 1.57. The summed E-state index contributed by atoms with van der Waals surface area (Å²) in [5, 5.41) is 17.8. The molecule has 1 aliphatic heterocycles. The molecule has 2 aliphatic rings. The van der Waals surface area contributed by atoms with Crippen LogP contribution in [0.15, 0.2) is 24.8 Å². The van der Waals surface area contributed by atoms with Gasteiger partial charge in [0.15, 0.2) is 0 Å². The van der Waals surface area contributed by atoms with Crippen LogP contribution < -0.4 is 5.32 Å². The highest BCUT2D eigenvalue weighted by molar-refractivity contribution is 5.48. The molecule has 1 saturated carbocycles. The summed E-state index contributed by atoms with van der Waals surface area (Å²) < 4.78 is 1.82. The molecule has 0 amide bonds. The molecule has 7 heteroatoms. The molecule has 2 aromatic heterocycles. The second-order valence-corrected chi connectivity index (χ2v) is 6.17. The first-order chi connectivity index (χ1) is 10.7. The summed E-state index contributed by atoms with van der Waals surface area (Å²) in [5.74, 6) is 0.894. The topological polar surface area (TPSA) is 79.1 Å². The Morgan fingerprint density at radius 2 is 2.27 bits per heavy atom. The molecule has 0 spiro atoms. The molecule has 3 heterocycles. The first-order valence-corrected chi connectivity index (χ1v) is 7.67. The molecule has 0 radical (unpaired) electrons. The number of aliphatic hydroxyl groups excluding tert-OH is 1. The lowest BCUT2D eigenvalue weighted by atomic mass is 9.83. The normalized spacial score (nSPS) is 28.0. The molecule has 0 unspecified atom stereocenters. The molecular formula is C15H20N6O. The van der Waals surface area contributed by atoms with E-state index in [9.17, 15) is 5.11 Å². The van der Waals surface area contributed by atoms with Crippen LogP contribution in [0.1, 0.15) is 23.7 Å². The highest BCUT2D eigenvalue weighted by Crippen LogP contribution is 2.35. The van der Waals surface area contributed by atoms with Crippen LogP contribution in [-0.2, 0) is 13.0 Å². The van der Waals surface area contributed by atoms with Crippen molar-refractivity contribution in [1.29, 1.82) is 0 Å². The van der Waals surface area contributed by atoms with E-state index in [2.05, 4.69) is 32.3 Å². The van der Waals surface area contributed by atoms with Gasteiger partial charge in [-0.3, -0.25) is 4.68 Å². The highest BCUT2D eigenvalue weighted by atomic mass is 16.3. The first kappa shape index (κ1) is 13.7. The second kappa shape index (κ2) is 5.33. The molecular weight excluding hydrogens is 280 g/mol. The van der Waals surface area contributed by atoms with Crippen LogP contribution in [0.2, 0.25) is 0 Å². The largest absolute Gasteiger partial charge is 0.391 e. The predicted molar refractivity (Wildman–Crippen MR) is 81.4 cm³/mol. The summed E-state index contributed by atoms with van der Waals surface area (Å²) in [6.45, 7) is 1.89. The third-order valence-electron chi connectivity index (χ3n) is 4.65. The Hall–Kier alpha value is -1.99. The zero-order valence-electron chi connectivity index (χ0n) is 12.6.